The maximum absolute atomic E-state index is 12.7. The van der Waals surface area contributed by atoms with Gasteiger partial charge in [0.1, 0.15) is 12.2 Å². The molecule has 1 fully saturated rings. The number of amides is 1. The maximum atomic E-state index is 12.7. The lowest BCUT2D eigenvalue weighted by Gasteiger charge is -2.32. The van der Waals surface area contributed by atoms with E-state index in [-0.39, 0.29) is 11.8 Å². The number of carbonyl (C=O) groups is 1. The zero-order valence-corrected chi connectivity index (χ0v) is 12.6. The average molecular weight is 288 g/mol. The maximum Gasteiger partial charge on any atom is 0.257 e. The number of nitrogens with zero attached hydrogens (tertiary/aromatic N) is 5. The average Bonchev–Trinajstić information content (AvgIpc) is 3.05. The van der Waals surface area contributed by atoms with Crippen LogP contribution < -0.4 is 0 Å². The molecule has 1 atom stereocenters. The number of rotatable bonds is 2. The number of hydrogen-bond acceptors (Lipinski definition) is 4. The smallest absolute Gasteiger partial charge is 0.257 e. The molecule has 1 aliphatic heterocycles. The van der Waals surface area contributed by atoms with Crippen molar-refractivity contribution in [2.45, 2.75) is 32.6 Å². The number of aryl methyl sites for hydroxylation is 3. The third kappa shape index (κ3) is 2.43. The molecule has 7 nitrogen and oxygen atoms in total. The Morgan fingerprint density at radius 3 is 2.86 bits per heavy atom. The minimum absolute atomic E-state index is 0.0608. The predicted molar refractivity (Wildman–Crippen MR) is 76.9 cm³/mol. The van der Waals surface area contributed by atoms with Gasteiger partial charge in [0, 0.05) is 31.7 Å². The van der Waals surface area contributed by atoms with Crippen LogP contribution in [0.2, 0.25) is 0 Å². The van der Waals surface area contributed by atoms with Crippen LogP contribution >= 0.6 is 0 Å². The fourth-order valence-corrected chi connectivity index (χ4v) is 3.06. The van der Waals surface area contributed by atoms with Gasteiger partial charge in [0.2, 0.25) is 0 Å². The highest BCUT2D eigenvalue weighted by Gasteiger charge is 2.29. The monoisotopic (exact) mass is 288 g/mol. The quantitative estimate of drug-likeness (QED) is 0.899. The van der Waals surface area contributed by atoms with Gasteiger partial charge in [0.25, 0.3) is 5.91 Å². The van der Waals surface area contributed by atoms with E-state index in [0.717, 1.165) is 36.6 Å². The zero-order chi connectivity index (χ0) is 15.0. The van der Waals surface area contributed by atoms with Gasteiger partial charge >= 0.3 is 0 Å². The van der Waals surface area contributed by atoms with E-state index in [2.05, 4.69) is 20.4 Å². The molecule has 3 heterocycles. The Morgan fingerprint density at radius 2 is 2.24 bits per heavy atom. The molecule has 1 unspecified atom stereocenters. The van der Waals surface area contributed by atoms with Crippen molar-refractivity contribution in [3.8, 4) is 0 Å². The van der Waals surface area contributed by atoms with Crippen molar-refractivity contribution in [2.24, 2.45) is 7.05 Å². The lowest BCUT2D eigenvalue weighted by molar-refractivity contribution is 0.0702. The molecule has 112 valence electrons. The topological polar surface area (TPSA) is 79.7 Å². The Bertz CT molecular complexity index is 639. The van der Waals surface area contributed by atoms with Gasteiger partial charge < -0.3 is 9.47 Å². The van der Waals surface area contributed by atoms with Crippen LogP contribution in [0.5, 0.6) is 0 Å². The SMILES string of the molecule is Cc1n[nH]c(C)c1C(=O)N1CCCC(c2nncn2C)C1. The first-order valence-electron chi connectivity index (χ1n) is 7.22. The molecular weight excluding hydrogens is 268 g/mol. The van der Waals surface area contributed by atoms with Crippen LogP contribution in [0.15, 0.2) is 6.33 Å². The van der Waals surface area contributed by atoms with E-state index in [0.29, 0.717) is 12.1 Å². The van der Waals surface area contributed by atoms with Crippen LogP contribution in [-0.2, 0) is 7.05 Å². The van der Waals surface area contributed by atoms with Gasteiger partial charge in [-0.15, -0.1) is 10.2 Å². The molecule has 1 saturated heterocycles. The molecule has 2 aromatic heterocycles. The molecule has 21 heavy (non-hydrogen) atoms. The highest BCUT2D eigenvalue weighted by atomic mass is 16.2. The number of nitrogens with one attached hydrogen (secondary N) is 1. The number of hydrogen-bond donors (Lipinski definition) is 1. The third-order valence-electron chi connectivity index (χ3n) is 4.16. The first-order valence-corrected chi connectivity index (χ1v) is 7.22. The minimum Gasteiger partial charge on any atom is -0.338 e. The van der Waals surface area contributed by atoms with Crippen LogP contribution in [0.4, 0.5) is 0 Å². The summed E-state index contributed by atoms with van der Waals surface area (Å²) in [6, 6.07) is 0. The van der Waals surface area contributed by atoms with E-state index in [1.54, 1.807) is 6.33 Å². The molecule has 7 heteroatoms. The summed E-state index contributed by atoms with van der Waals surface area (Å²) in [5, 5.41) is 15.1. The van der Waals surface area contributed by atoms with E-state index in [4.69, 9.17) is 0 Å². The summed E-state index contributed by atoms with van der Waals surface area (Å²) in [7, 11) is 1.94. The summed E-state index contributed by atoms with van der Waals surface area (Å²) < 4.78 is 1.94. The molecule has 1 amide bonds. The van der Waals surface area contributed by atoms with Crippen molar-refractivity contribution >= 4 is 5.91 Å². The molecular formula is C14H20N6O. The van der Waals surface area contributed by atoms with Crippen LogP contribution in [0, 0.1) is 13.8 Å². The minimum atomic E-state index is 0.0608. The van der Waals surface area contributed by atoms with E-state index < -0.39 is 0 Å². The van der Waals surface area contributed by atoms with Crippen molar-refractivity contribution in [1.82, 2.24) is 29.9 Å². The normalized spacial score (nSPS) is 19.0. The highest BCUT2D eigenvalue weighted by molar-refractivity contribution is 5.96. The van der Waals surface area contributed by atoms with Crippen LogP contribution in [0.3, 0.4) is 0 Å². The van der Waals surface area contributed by atoms with Gasteiger partial charge in [-0.25, -0.2) is 0 Å². The Hall–Kier alpha value is -2.18. The second-order valence-corrected chi connectivity index (χ2v) is 5.70. The number of piperidine rings is 1. The van der Waals surface area contributed by atoms with Gasteiger partial charge in [-0.3, -0.25) is 9.89 Å². The molecule has 0 saturated carbocycles. The number of carbonyl (C=O) groups excluding carboxylic acids is 1. The molecule has 0 spiro atoms. The van der Waals surface area contributed by atoms with E-state index in [9.17, 15) is 4.79 Å². The summed E-state index contributed by atoms with van der Waals surface area (Å²) in [6.07, 6.45) is 3.74. The summed E-state index contributed by atoms with van der Waals surface area (Å²) in [4.78, 5) is 14.6. The lowest BCUT2D eigenvalue weighted by Crippen LogP contribution is -2.40. The van der Waals surface area contributed by atoms with Gasteiger partial charge in [-0.1, -0.05) is 0 Å². The first kappa shape index (κ1) is 13.8. The van der Waals surface area contributed by atoms with Crippen LogP contribution in [0.1, 0.15) is 46.3 Å². The van der Waals surface area contributed by atoms with Crippen molar-refractivity contribution in [3.63, 3.8) is 0 Å². The second-order valence-electron chi connectivity index (χ2n) is 5.70. The Labute approximate surface area is 123 Å². The van der Waals surface area contributed by atoms with Crippen molar-refractivity contribution < 1.29 is 4.79 Å². The summed E-state index contributed by atoms with van der Waals surface area (Å²) in [5.74, 6) is 1.27. The zero-order valence-electron chi connectivity index (χ0n) is 12.6. The van der Waals surface area contributed by atoms with E-state index in [1.807, 2.05) is 30.4 Å². The molecule has 0 radical (unpaired) electrons. The molecule has 1 aliphatic rings. The van der Waals surface area contributed by atoms with Gasteiger partial charge in [0.05, 0.1) is 11.3 Å². The van der Waals surface area contributed by atoms with E-state index >= 15 is 0 Å². The summed E-state index contributed by atoms with van der Waals surface area (Å²) in [5.41, 5.74) is 2.30. The summed E-state index contributed by atoms with van der Waals surface area (Å²) in [6.45, 7) is 5.23. The molecule has 3 rings (SSSR count). The van der Waals surface area contributed by atoms with Crippen LogP contribution in [0.25, 0.3) is 0 Å². The molecule has 0 bridgehead atoms. The fraction of sp³-hybridized carbons (Fsp3) is 0.571. The first-order chi connectivity index (χ1) is 10.1. The van der Waals surface area contributed by atoms with Crippen LogP contribution in [-0.4, -0.2) is 48.9 Å². The molecule has 0 aliphatic carbocycles. The predicted octanol–water partition coefficient (Wildman–Crippen LogP) is 1.17. The number of H-pyrrole nitrogens is 1. The third-order valence-corrected chi connectivity index (χ3v) is 4.16. The van der Waals surface area contributed by atoms with E-state index in [1.165, 1.54) is 0 Å². The van der Waals surface area contributed by atoms with Gasteiger partial charge in [0.15, 0.2) is 0 Å². The number of likely N-dealkylation sites (tertiary alicyclic amines) is 1. The fourth-order valence-electron chi connectivity index (χ4n) is 3.06. The number of aromatic amines is 1. The Kier molecular flexibility index (Phi) is 3.48. The highest BCUT2D eigenvalue weighted by Crippen LogP contribution is 2.26. The summed E-state index contributed by atoms with van der Waals surface area (Å²) >= 11 is 0. The van der Waals surface area contributed by atoms with Crippen molar-refractivity contribution in [1.29, 1.82) is 0 Å². The number of aromatic nitrogens is 5. The Balaban J connectivity index is 1.80. The largest absolute Gasteiger partial charge is 0.338 e. The van der Waals surface area contributed by atoms with Gasteiger partial charge in [-0.2, -0.15) is 5.10 Å². The van der Waals surface area contributed by atoms with Crippen molar-refractivity contribution in [3.05, 3.63) is 29.1 Å². The standard InChI is InChI=1S/C14H20N6O/c1-9-12(10(2)17-16-9)14(21)20-6-4-5-11(7-20)13-18-15-8-19(13)3/h8,11H,4-7H2,1-3H3,(H,16,17). The van der Waals surface area contributed by atoms with Gasteiger partial charge in [-0.05, 0) is 26.7 Å². The second kappa shape index (κ2) is 5.31. The lowest BCUT2D eigenvalue weighted by atomic mass is 9.96. The Morgan fingerprint density at radius 1 is 1.43 bits per heavy atom. The molecule has 1 N–H and O–H groups in total. The molecule has 2 aromatic rings. The van der Waals surface area contributed by atoms with Crippen molar-refractivity contribution in [2.75, 3.05) is 13.1 Å². The molecule has 0 aromatic carbocycles.